The van der Waals surface area contributed by atoms with E-state index in [2.05, 4.69) is 33.5 Å². The number of rotatable bonds is 3. The summed E-state index contributed by atoms with van der Waals surface area (Å²) in [6.07, 6.45) is 11.7. The molecule has 8 rings (SSSR count). The van der Waals surface area contributed by atoms with Crippen molar-refractivity contribution < 1.29 is 4.74 Å². The van der Waals surface area contributed by atoms with E-state index < -0.39 is 0 Å². The summed E-state index contributed by atoms with van der Waals surface area (Å²) in [6, 6.07) is 19.8. The number of ether oxygens (including phenoxy) is 1. The number of aromatic nitrogens is 5. The Balaban J connectivity index is 0.000000138. The average Bonchev–Trinajstić information content (AvgIpc) is 3.57. The lowest BCUT2D eigenvalue weighted by molar-refractivity contribution is 0.415. The molecule has 12 heteroatoms. The molecular weight excluding hydrogens is 571 g/mol. The highest BCUT2D eigenvalue weighted by atomic mass is 32.2. The summed E-state index contributed by atoms with van der Waals surface area (Å²) in [4.78, 5) is 40.1. The van der Waals surface area contributed by atoms with Gasteiger partial charge in [0, 0.05) is 34.6 Å². The van der Waals surface area contributed by atoms with Gasteiger partial charge in [0.1, 0.15) is 5.75 Å². The van der Waals surface area contributed by atoms with E-state index in [1.54, 1.807) is 43.4 Å². The summed E-state index contributed by atoms with van der Waals surface area (Å²) in [5.74, 6) is 0.835. The van der Waals surface area contributed by atoms with Crippen LogP contribution in [0.25, 0.3) is 34.2 Å². The number of anilines is 2. The fraction of sp³-hybridized carbons (Fsp3) is 0.0333. The van der Waals surface area contributed by atoms with Crippen molar-refractivity contribution in [2.75, 3.05) is 15.7 Å². The van der Waals surface area contributed by atoms with Crippen LogP contribution in [0.1, 0.15) is 11.1 Å². The number of hydrogen-bond acceptors (Lipinski definition) is 8. The van der Waals surface area contributed by atoms with E-state index >= 15 is 0 Å². The number of nitrogens with zero attached hydrogens (tertiary/aromatic N) is 3. The summed E-state index contributed by atoms with van der Waals surface area (Å²) in [5, 5.41) is 0. The summed E-state index contributed by atoms with van der Waals surface area (Å²) in [6.45, 7) is 0. The van der Waals surface area contributed by atoms with Crippen molar-refractivity contribution in [1.29, 1.82) is 0 Å². The predicted molar refractivity (Wildman–Crippen MR) is 170 cm³/mol. The number of imidazole rings is 2. The van der Waals surface area contributed by atoms with E-state index in [0.717, 1.165) is 60.1 Å². The van der Waals surface area contributed by atoms with Crippen LogP contribution in [0.3, 0.4) is 0 Å². The van der Waals surface area contributed by atoms with Crippen LogP contribution in [0.4, 0.5) is 11.4 Å². The van der Waals surface area contributed by atoms with Gasteiger partial charge < -0.3 is 24.7 Å². The second kappa shape index (κ2) is 10.7. The second-order valence-corrected chi connectivity index (χ2v) is 11.4. The van der Waals surface area contributed by atoms with Gasteiger partial charge in [-0.1, -0.05) is 0 Å². The molecule has 5 heterocycles. The maximum absolute atomic E-state index is 11.4. The first kappa shape index (κ1) is 25.9. The van der Waals surface area contributed by atoms with Crippen molar-refractivity contribution >= 4 is 69.5 Å². The lowest BCUT2D eigenvalue weighted by atomic mass is 10.2. The molecule has 0 bridgehead atoms. The van der Waals surface area contributed by atoms with Gasteiger partial charge in [0.15, 0.2) is 0 Å². The molecule has 0 unspecified atom stereocenters. The van der Waals surface area contributed by atoms with Gasteiger partial charge in [-0.25, -0.2) is 9.59 Å². The smallest absolute Gasteiger partial charge is 0.323 e. The summed E-state index contributed by atoms with van der Waals surface area (Å²) in [7, 11) is 1.66. The molecule has 0 fully saturated rings. The zero-order valence-electron chi connectivity index (χ0n) is 22.1. The Kier molecular flexibility index (Phi) is 6.61. The Morgan fingerprint density at radius 2 is 1.10 bits per heavy atom. The summed E-state index contributed by atoms with van der Waals surface area (Å²) >= 11 is 3.23. The van der Waals surface area contributed by atoms with Crippen molar-refractivity contribution in [3.05, 3.63) is 118 Å². The van der Waals surface area contributed by atoms with E-state index in [1.807, 2.05) is 85.2 Å². The maximum atomic E-state index is 11.4. The van der Waals surface area contributed by atoms with Crippen LogP contribution in [0.5, 0.6) is 5.75 Å². The highest BCUT2D eigenvalue weighted by molar-refractivity contribution is 8.01. The standard InChI is InChI=1S/C16H13N3O2S.C14H10N4OS/c1-21-12-4-2-11(3-5-12)19-7-6-10-8-13-14(9-15(10)22-19)18-16(20)17-13;19-14-16-11-7-9-3-6-18(10-1-4-15-5-2-10)20-13(9)8-12(11)17-14/h2-9H,1H3,(H2,17,18,20);1-8H,(H2,16,17,19). The SMILES string of the molecule is COc1ccc(N2C=Cc3cc4[nH]c(=O)[nH]c4cc3S2)cc1.O=c1[nH]c2cc3c(cc2[nH]1)SN(c1ccncc1)C=C3. The van der Waals surface area contributed by atoms with Crippen molar-refractivity contribution in [2.24, 2.45) is 0 Å². The van der Waals surface area contributed by atoms with Gasteiger partial charge in [0.25, 0.3) is 0 Å². The van der Waals surface area contributed by atoms with Crippen LogP contribution in [-0.4, -0.2) is 32.0 Å². The number of hydrogen-bond donors (Lipinski definition) is 4. The first-order valence-corrected chi connectivity index (χ1v) is 14.4. The van der Waals surface area contributed by atoms with Crippen LogP contribution < -0.4 is 24.7 Å². The van der Waals surface area contributed by atoms with Crippen molar-refractivity contribution in [1.82, 2.24) is 24.9 Å². The molecule has 4 N–H and O–H groups in total. The van der Waals surface area contributed by atoms with Gasteiger partial charge in [0.05, 0.1) is 40.6 Å². The van der Waals surface area contributed by atoms with Gasteiger partial charge in [0.2, 0.25) is 0 Å². The van der Waals surface area contributed by atoms with Crippen molar-refractivity contribution in [2.45, 2.75) is 9.79 Å². The monoisotopic (exact) mass is 593 g/mol. The molecule has 0 aliphatic carbocycles. The Morgan fingerprint density at radius 1 is 0.643 bits per heavy atom. The van der Waals surface area contributed by atoms with Crippen LogP contribution >= 0.6 is 23.9 Å². The Bertz CT molecular complexity index is 2090. The van der Waals surface area contributed by atoms with Crippen molar-refractivity contribution in [3.63, 3.8) is 0 Å². The fourth-order valence-corrected chi connectivity index (χ4v) is 6.57. The maximum Gasteiger partial charge on any atom is 0.323 e. The Morgan fingerprint density at radius 3 is 1.57 bits per heavy atom. The van der Waals surface area contributed by atoms with E-state index in [4.69, 9.17) is 4.74 Å². The largest absolute Gasteiger partial charge is 0.497 e. The molecule has 6 aromatic rings. The molecule has 0 atom stereocenters. The zero-order chi connectivity index (χ0) is 28.6. The van der Waals surface area contributed by atoms with E-state index in [-0.39, 0.29) is 11.4 Å². The molecule has 3 aromatic carbocycles. The highest BCUT2D eigenvalue weighted by Crippen LogP contribution is 2.39. The van der Waals surface area contributed by atoms with Crippen LogP contribution in [0.2, 0.25) is 0 Å². The van der Waals surface area contributed by atoms with Gasteiger partial charge in [-0.15, -0.1) is 0 Å². The number of benzene rings is 3. The molecule has 0 amide bonds. The van der Waals surface area contributed by atoms with Gasteiger partial charge in [-0.3, -0.25) is 13.6 Å². The molecule has 2 aliphatic rings. The molecule has 3 aromatic heterocycles. The Hall–Kier alpha value is -5.07. The van der Waals surface area contributed by atoms with Gasteiger partial charge in [-0.05, 0) is 108 Å². The fourth-order valence-electron chi connectivity index (χ4n) is 4.64. The molecule has 0 saturated carbocycles. The van der Waals surface area contributed by atoms with E-state index in [1.165, 1.54) is 0 Å². The number of aromatic amines is 4. The number of fused-ring (bicyclic) bond motifs is 4. The van der Waals surface area contributed by atoms with E-state index in [9.17, 15) is 9.59 Å². The molecular formula is C30H23N7O3S2. The lowest BCUT2D eigenvalue weighted by Crippen LogP contribution is -2.08. The normalized spacial score (nSPS) is 13.5. The summed E-state index contributed by atoms with van der Waals surface area (Å²) < 4.78 is 9.33. The number of methoxy groups -OCH3 is 1. The third-order valence-corrected chi connectivity index (χ3v) is 8.87. The first-order chi connectivity index (χ1) is 20.5. The Labute approximate surface area is 247 Å². The van der Waals surface area contributed by atoms with Gasteiger partial charge in [-0.2, -0.15) is 0 Å². The number of H-pyrrole nitrogens is 4. The lowest BCUT2D eigenvalue weighted by Gasteiger charge is -2.24. The highest BCUT2D eigenvalue weighted by Gasteiger charge is 2.16. The first-order valence-electron chi connectivity index (χ1n) is 12.9. The van der Waals surface area contributed by atoms with Crippen molar-refractivity contribution in [3.8, 4) is 5.75 Å². The molecule has 0 spiro atoms. The van der Waals surface area contributed by atoms with E-state index in [0.29, 0.717) is 0 Å². The van der Waals surface area contributed by atoms with Crippen LogP contribution in [0, 0.1) is 0 Å². The molecule has 208 valence electrons. The minimum Gasteiger partial charge on any atom is -0.497 e. The van der Waals surface area contributed by atoms with Crippen LogP contribution in [0.15, 0.2) is 105 Å². The molecule has 0 saturated heterocycles. The predicted octanol–water partition coefficient (Wildman–Crippen LogP) is 6.11. The van der Waals surface area contributed by atoms with Gasteiger partial charge >= 0.3 is 11.4 Å². The average molecular weight is 594 g/mol. The van der Waals surface area contributed by atoms with Crippen LogP contribution in [-0.2, 0) is 0 Å². The third-order valence-electron chi connectivity index (χ3n) is 6.71. The zero-order valence-corrected chi connectivity index (χ0v) is 23.8. The molecule has 0 radical (unpaired) electrons. The molecule has 2 aliphatic heterocycles. The summed E-state index contributed by atoms with van der Waals surface area (Å²) in [5.41, 5.74) is 7.27. The quantitative estimate of drug-likeness (QED) is 0.181. The third kappa shape index (κ3) is 5.08. The topological polar surface area (TPSA) is 126 Å². The molecule has 10 nitrogen and oxygen atoms in total. The number of pyridine rings is 1. The minimum atomic E-state index is -0.182. The molecule has 42 heavy (non-hydrogen) atoms. The number of nitrogens with one attached hydrogen (secondary N) is 4. The minimum absolute atomic E-state index is 0.178. The second-order valence-electron chi connectivity index (χ2n) is 9.40.